The van der Waals surface area contributed by atoms with Crippen LogP contribution in [0.25, 0.3) is 0 Å². The van der Waals surface area contributed by atoms with E-state index in [0.29, 0.717) is 42.5 Å². The molecule has 1 aromatic carbocycles. The molecule has 0 fully saturated rings. The van der Waals surface area contributed by atoms with Crippen molar-refractivity contribution in [2.75, 3.05) is 23.8 Å². The van der Waals surface area contributed by atoms with Crippen LogP contribution in [0.15, 0.2) is 12.1 Å². The second-order valence-electron chi connectivity index (χ2n) is 5.03. The molecule has 0 aliphatic heterocycles. The summed E-state index contributed by atoms with van der Waals surface area (Å²) in [7, 11) is 0. The molecule has 0 aromatic heterocycles. The molecule has 8 heteroatoms. The first-order valence-corrected chi connectivity index (χ1v) is 8.14. The quantitative estimate of drug-likeness (QED) is 0.656. The van der Waals surface area contributed by atoms with Gasteiger partial charge in [0.05, 0.1) is 24.6 Å². The number of amides is 2. The molecule has 0 unspecified atom stereocenters. The van der Waals surface area contributed by atoms with Gasteiger partial charge in [0.15, 0.2) is 0 Å². The summed E-state index contributed by atoms with van der Waals surface area (Å²) >= 11 is 0. The number of hydrogen-bond donors (Lipinski definition) is 2. The Balaban J connectivity index is 3.12. The normalized spacial score (nSPS) is 10.0. The lowest BCUT2D eigenvalue weighted by Crippen LogP contribution is -2.24. The molecule has 2 N–H and O–H groups in total. The van der Waals surface area contributed by atoms with Gasteiger partial charge in [-0.05, 0) is 20.3 Å². The molecule has 2 amide bonds. The number of rotatable bonds is 10. The fourth-order valence-corrected chi connectivity index (χ4v) is 1.97. The van der Waals surface area contributed by atoms with E-state index in [1.165, 1.54) is 6.07 Å². The summed E-state index contributed by atoms with van der Waals surface area (Å²) in [5, 5.41) is 15.8. The largest absolute Gasteiger partial charge is 0.550 e. The maximum absolute atomic E-state index is 11.9. The minimum absolute atomic E-state index is 0.186. The van der Waals surface area contributed by atoms with Gasteiger partial charge in [0.1, 0.15) is 11.5 Å². The molecule has 0 aliphatic rings. The van der Waals surface area contributed by atoms with Crippen LogP contribution >= 0.6 is 0 Å². The summed E-state index contributed by atoms with van der Waals surface area (Å²) < 4.78 is 11.0. The molecular weight excluding hydrogens is 328 g/mol. The van der Waals surface area contributed by atoms with E-state index in [1.807, 2.05) is 0 Å². The summed E-state index contributed by atoms with van der Waals surface area (Å²) in [6, 6.07) is 3.10. The lowest BCUT2D eigenvalue weighted by atomic mass is 10.2. The molecule has 0 spiro atoms. The van der Waals surface area contributed by atoms with Crippen molar-refractivity contribution < 1.29 is 29.0 Å². The smallest absolute Gasteiger partial charge is 0.224 e. The van der Waals surface area contributed by atoms with Gasteiger partial charge in [-0.1, -0.05) is 6.92 Å². The minimum atomic E-state index is -1.30. The SMILES string of the molecule is CCOc1cc(NC(=O)CCC(=O)[O-])c(OCC)cc1NC(=O)CC. The van der Waals surface area contributed by atoms with Crippen molar-refractivity contribution in [2.24, 2.45) is 0 Å². The highest BCUT2D eigenvalue weighted by atomic mass is 16.5. The van der Waals surface area contributed by atoms with E-state index in [4.69, 9.17) is 9.47 Å². The molecule has 0 atom stereocenters. The first-order valence-electron chi connectivity index (χ1n) is 8.14. The molecule has 0 bridgehead atoms. The van der Waals surface area contributed by atoms with Crippen LogP contribution in [0.5, 0.6) is 11.5 Å². The number of carbonyl (C=O) groups is 3. The second kappa shape index (κ2) is 10.2. The molecule has 0 saturated carbocycles. The van der Waals surface area contributed by atoms with Gasteiger partial charge < -0.3 is 30.0 Å². The standard InChI is InChI=1S/C17H24N2O6/c1-4-15(20)18-11-9-14(25-6-3)12(10-13(11)24-5-2)19-16(21)7-8-17(22)23/h9-10H,4-8H2,1-3H3,(H,18,20)(H,19,21)(H,22,23)/p-1. The van der Waals surface area contributed by atoms with Gasteiger partial charge in [0.25, 0.3) is 0 Å². The lowest BCUT2D eigenvalue weighted by Gasteiger charge is -2.17. The molecule has 0 heterocycles. The van der Waals surface area contributed by atoms with E-state index in [9.17, 15) is 19.5 Å². The molecule has 0 radical (unpaired) electrons. The number of aliphatic carboxylic acids is 1. The Hall–Kier alpha value is -2.77. The molecule has 8 nitrogen and oxygen atoms in total. The zero-order valence-electron chi connectivity index (χ0n) is 14.6. The Kier molecular flexibility index (Phi) is 8.25. The summed E-state index contributed by atoms with van der Waals surface area (Å²) in [5.41, 5.74) is 0.771. The maximum atomic E-state index is 11.9. The van der Waals surface area contributed by atoms with E-state index in [1.54, 1.807) is 26.8 Å². The predicted octanol–water partition coefficient (Wildman–Crippen LogP) is 1.30. The fourth-order valence-electron chi connectivity index (χ4n) is 1.97. The number of anilines is 2. The number of ether oxygens (including phenoxy) is 2. The van der Waals surface area contributed by atoms with Gasteiger partial charge in [-0.15, -0.1) is 0 Å². The van der Waals surface area contributed by atoms with Crippen LogP contribution in [0.1, 0.15) is 40.0 Å². The zero-order chi connectivity index (χ0) is 18.8. The van der Waals surface area contributed by atoms with Crippen LogP contribution in [0.4, 0.5) is 11.4 Å². The number of carboxylic acids is 1. The fraction of sp³-hybridized carbons (Fsp3) is 0.471. The van der Waals surface area contributed by atoms with Crippen LogP contribution in [-0.2, 0) is 14.4 Å². The van der Waals surface area contributed by atoms with E-state index >= 15 is 0 Å². The first-order chi connectivity index (χ1) is 11.9. The van der Waals surface area contributed by atoms with Gasteiger partial charge in [-0.2, -0.15) is 0 Å². The monoisotopic (exact) mass is 351 g/mol. The van der Waals surface area contributed by atoms with E-state index in [-0.39, 0.29) is 18.7 Å². The Bertz CT molecular complexity index is 630. The van der Waals surface area contributed by atoms with Crippen LogP contribution in [0, 0.1) is 0 Å². The Morgan fingerprint density at radius 2 is 1.36 bits per heavy atom. The molecule has 0 saturated heterocycles. The Morgan fingerprint density at radius 3 is 1.76 bits per heavy atom. The topological polar surface area (TPSA) is 117 Å². The number of carbonyl (C=O) groups excluding carboxylic acids is 3. The number of benzene rings is 1. The highest BCUT2D eigenvalue weighted by molar-refractivity contribution is 5.96. The molecule has 138 valence electrons. The lowest BCUT2D eigenvalue weighted by molar-refractivity contribution is -0.305. The van der Waals surface area contributed by atoms with Crippen molar-refractivity contribution in [3.63, 3.8) is 0 Å². The second-order valence-corrected chi connectivity index (χ2v) is 5.03. The molecule has 1 rings (SSSR count). The van der Waals surface area contributed by atoms with E-state index in [2.05, 4.69) is 10.6 Å². The minimum Gasteiger partial charge on any atom is -0.550 e. The first kappa shape index (κ1) is 20.3. The van der Waals surface area contributed by atoms with Crippen molar-refractivity contribution >= 4 is 29.2 Å². The van der Waals surface area contributed by atoms with Crippen LogP contribution < -0.4 is 25.2 Å². The van der Waals surface area contributed by atoms with Crippen molar-refractivity contribution in [1.29, 1.82) is 0 Å². The molecule has 25 heavy (non-hydrogen) atoms. The maximum Gasteiger partial charge on any atom is 0.224 e. The van der Waals surface area contributed by atoms with Gasteiger partial charge in [-0.25, -0.2) is 0 Å². The Morgan fingerprint density at radius 1 is 0.880 bits per heavy atom. The van der Waals surface area contributed by atoms with Crippen molar-refractivity contribution in [1.82, 2.24) is 0 Å². The summed E-state index contributed by atoms with van der Waals surface area (Å²) in [5.74, 6) is -1.25. The molecule has 1 aromatic rings. The van der Waals surface area contributed by atoms with Crippen molar-refractivity contribution in [3.05, 3.63) is 12.1 Å². The molecular formula is C17H23N2O6-. The predicted molar refractivity (Wildman–Crippen MR) is 90.6 cm³/mol. The van der Waals surface area contributed by atoms with E-state index < -0.39 is 11.9 Å². The number of nitrogens with one attached hydrogen (secondary N) is 2. The average Bonchev–Trinajstić information content (AvgIpc) is 2.56. The summed E-state index contributed by atoms with van der Waals surface area (Å²) in [6.45, 7) is 6.01. The number of carboxylic acid groups (broad SMARTS) is 1. The third-order valence-corrected chi connectivity index (χ3v) is 3.11. The third-order valence-electron chi connectivity index (χ3n) is 3.11. The number of hydrogen-bond acceptors (Lipinski definition) is 6. The summed E-state index contributed by atoms with van der Waals surface area (Å²) in [4.78, 5) is 34.0. The highest BCUT2D eigenvalue weighted by Gasteiger charge is 2.15. The van der Waals surface area contributed by atoms with Crippen LogP contribution in [-0.4, -0.2) is 31.0 Å². The zero-order valence-corrected chi connectivity index (χ0v) is 14.6. The van der Waals surface area contributed by atoms with Gasteiger partial charge in [0, 0.05) is 30.9 Å². The van der Waals surface area contributed by atoms with Crippen LogP contribution in [0.3, 0.4) is 0 Å². The highest BCUT2D eigenvalue weighted by Crippen LogP contribution is 2.37. The Labute approximate surface area is 146 Å². The van der Waals surface area contributed by atoms with Gasteiger partial charge in [-0.3, -0.25) is 9.59 Å². The van der Waals surface area contributed by atoms with Gasteiger partial charge in [0.2, 0.25) is 11.8 Å². The van der Waals surface area contributed by atoms with Crippen LogP contribution in [0.2, 0.25) is 0 Å². The average molecular weight is 351 g/mol. The van der Waals surface area contributed by atoms with Gasteiger partial charge >= 0.3 is 0 Å². The molecule has 0 aliphatic carbocycles. The summed E-state index contributed by atoms with van der Waals surface area (Å²) in [6.07, 6.45) is -0.289. The van der Waals surface area contributed by atoms with Crippen molar-refractivity contribution in [3.8, 4) is 11.5 Å². The van der Waals surface area contributed by atoms with E-state index in [0.717, 1.165) is 0 Å². The van der Waals surface area contributed by atoms with Crippen molar-refractivity contribution in [2.45, 2.75) is 40.0 Å². The third kappa shape index (κ3) is 6.70.